The molecule has 92 valence electrons. The molecule has 2 unspecified atom stereocenters. The summed E-state index contributed by atoms with van der Waals surface area (Å²) in [5, 5.41) is 3.68. The van der Waals surface area contributed by atoms with E-state index < -0.39 is 0 Å². The SMILES string of the molecule is CCC(NC(C)CC(C)(C)OC)C(C)C. The Kier molecular flexibility index (Phi) is 6.46. The smallest absolute Gasteiger partial charge is 0.0637 e. The molecule has 0 aromatic heterocycles. The van der Waals surface area contributed by atoms with Crippen LogP contribution in [0.3, 0.4) is 0 Å². The molecule has 0 rings (SSSR count). The monoisotopic (exact) mass is 215 g/mol. The highest BCUT2D eigenvalue weighted by Gasteiger charge is 2.22. The Morgan fingerprint density at radius 3 is 2.07 bits per heavy atom. The number of hydrogen-bond acceptors (Lipinski definition) is 2. The van der Waals surface area contributed by atoms with Crippen molar-refractivity contribution in [2.45, 2.75) is 72.1 Å². The third-order valence-corrected chi connectivity index (χ3v) is 3.09. The van der Waals surface area contributed by atoms with Gasteiger partial charge >= 0.3 is 0 Å². The molecular weight excluding hydrogens is 186 g/mol. The van der Waals surface area contributed by atoms with Crippen molar-refractivity contribution in [1.29, 1.82) is 0 Å². The first-order valence-electron chi connectivity index (χ1n) is 6.13. The molecule has 0 aromatic carbocycles. The molecule has 2 heteroatoms. The van der Waals surface area contributed by atoms with Gasteiger partial charge in [0.25, 0.3) is 0 Å². The largest absolute Gasteiger partial charge is 0.379 e. The van der Waals surface area contributed by atoms with Gasteiger partial charge in [-0.3, -0.25) is 0 Å². The van der Waals surface area contributed by atoms with Crippen LogP contribution in [0, 0.1) is 5.92 Å². The summed E-state index contributed by atoms with van der Waals surface area (Å²) in [5.74, 6) is 0.697. The van der Waals surface area contributed by atoms with Gasteiger partial charge in [0.15, 0.2) is 0 Å². The van der Waals surface area contributed by atoms with E-state index in [9.17, 15) is 0 Å². The third kappa shape index (κ3) is 6.16. The van der Waals surface area contributed by atoms with Gasteiger partial charge < -0.3 is 10.1 Å². The molecule has 0 aliphatic rings. The summed E-state index contributed by atoms with van der Waals surface area (Å²) in [5.41, 5.74) is -0.0261. The number of hydrogen-bond donors (Lipinski definition) is 1. The van der Waals surface area contributed by atoms with Crippen molar-refractivity contribution in [3.05, 3.63) is 0 Å². The van der Waals surface area contributed by atoms with Crippen molar-refractivity contribution in [2.75, 3.05) is 7.11 Å². The van der Waals surface area contributed by atoms with Crippen LogP contribution in [0.15, 0.2) is 0 Å². The second kappa shape index (κ2) is 6.49. The Morgan fingerprint density at radius 1 is 1.20 bits per heavy atom. The van der Waals surface area contributed by atoms with Gasteiger partial charge in [0.2, 0.25) is 0 Å². The van der Waals surface area contributed by atoms with E-state index >= 15 is 0 Å². The zero-order valence-corrected chi connectivity index (χ0v) is 11.6. The Balaban J connectivity index is 4.06. The number of rotatable bonds is 7. The van der Waals surface area contributed by atoms with Crippen LogP contribution in [0.5, 0.6) is 0 Å². The molecular formula is C13H29NO. The second-order valence-electron chi connectivity index (χ2n) is 5.49. The highest BCUT2D eigenvalue weighted by atomic mass is 16.5. The van der Waals surface area contributed by atoms with Gasteiger partial charge in [-0.1, -0.05) is 20.8 Å². The van der Waals surface area contributed by atoms with Crippen LogP contribution in [0.1, 0.15) is 54.4 Å². The van der Waals surface area contributed by atoms with E-state index in [0.29, 0.717) is 18.0 Å². The number of nitrogens with one attached hydrogen (secondary N) is 1. The van der Waals surface area contributed by atoms with E-state index in [2.05, 4.69) is 46.9 Å². The van der Waals surface area contributed by atoms with Crippen LogP contribution in [-0.4, -0.2) is 24.8 Å². The van der Waals surface area contributed by atoms with Crippen LogP contribution in [0.2, 0.25) is 0 Å². The summed E-state index contributed by atoms with van der Waals surface area (Å²) < 4.78 is 5.44. The summed E-state index contributed by atoms with van der Waals surface area (Å²) in [6.45, 7) is 13.3. The van der Waals surface area contributed by atoms with Crippen molar-refractivity contribution >= 4 is 0 Å². The average Bonchev–Trinajstić information content (AvgIpc) is 2.13. The van der Waals surface area contributed by atoms with Crippen LogP contribution >= 0.6 is 0 Å². The quantitative estimate of drug-likeness (QED) is 0.704. The summed E-state index contributed by atoms with van der Waals surface area (Å²) in [4.78, 5) is 0. The van der Waals surface area contributed by atoms with E-state index in [1.807, 2.05) is 0 Å². The maximum absolute atomic E-state index is 5.44. The van der Waals surface area contributed by atoms with E-state index in [1.54, 1.807) is 7.11 Å². The van der Waals surface area contributed by atoms with Crippen LogP contribution in [0.4, 0.5) is 0 Å². The molecule has 1 N–H and O–H groups in total. The second-order valence-corrected chi connectivity index (χ2v) is 5.49. The first kappa shape index (κ1) is 14.9. The molecule has 0 fully saturated rings. The fourth-order valence-corrected chi connectivity index (χ4v) is 2.03. The highest BCUT2D eigenvalue weighted by Crippen LogP contribution is 2.17. The van der Waals surface area contributed by atoms with Crippen LogP contribution in [0.25, 0.3) is 0 Å². The maximum Gasteiger partial charge on any atom is 0.0637 e. The van der Waals surface area contributed by atoms with E-state index in [4.69, 9.17) is 4.74 Å². The highest BCUT2D eigenvalue weighted by molar-refractivity contribution is 4.79. The van der Waals surface area contributed by atoms with Crippen molar-refractivity contribution in [1.82, 2.24) is 5.32 Å². The minimum atomic E-state index is -0.0261. The van der Waals surface area contributed by atoms with Gasteiger partial charge in [0, 0.05) is 19.2 Å². The van der Waals surface area contributed by atoms with Crippen molar-refractivity contribution in [3.8, 4) is 0 Å². The number of ether oxygens (including phenoxy) is 1. The lowest BCUT2D eigenvalue weighted by Crippen LogP contribution is -2.43. The Bertz CT molecular complexity index is 166. The van der Waals surface area contributed by atoms with Gasteiger partial charge in [-0.15, -0.1) is 0 Å². The molecule has 2 atom stereocenters. The zero-order valence-electron chi connectivity index (χ0n) is 11.6. The normalized spacial score (nSPS) is 16.8. The average molecular weight is 215 g/mol. The van der Waals surface area contributed by atoms with Gasteiger partial charge in [0.05, 0.1) is 5.60 Å². The molecule has 0 spiro atoms. The van der Waals surface area contributed by atoms with Crippen molar-refractivity contribution in [3.63, 3.8) is 0 Å². The number of methoxy groups -OCH3 is 1. The third-order valence-electron chi connectivity index (χ3n) is 3.09. The molecule has 0 heterocycles. The fourth-order valence-electron chi connectivity index (χ4n) is 2.03. The van der Waals surface area contributed by atoms with Crippen molar-refractivity contribution in [2.24, 2.45) is 5.92 Å². The molecule has 0 bridgehead atoms. The van der Waals surface area contributed by atoms with Crippen LogP contribution < -0.4 is 5.32 Å². The topological polar surface area (TPSA) is 21.3 Å². The van der Waals surface area contributed by atoms with E-state index in [-0.39, 0.29) is 5.60 Å². The standard InChI is InChI=1S/C13H29NO/c1-8-12(10(2)3)14-11(4)9-13(5,6)15-7/h10-12,14H,8-9H2,1-7H3. The predicted octanol–water partition coefficient (Wildman–Crippen LogP) is 3.21. The molecule has 0 aromatic rings. The van der Waals surface area contributed by atoms with Crippen LogP contribution in [-0.2, 0) is 4.74 Å². The lowest BCUT2D eigenvalue weighted by atomic mass is 9.96. The molecule has 0 aliphatic heterocycles. The predicted molar refractivity (Wildman–Crippen MR) is 67.2 cm³/mol. The molecule has 0 saturated heterocycles. The zero-order chi connectivity index (χ0) is 12.1. The summed E-state index contributed by atoms with van der Waals surface area (Å²) in [7, 11) is 1.78. The minimum Gasteiger partial charge on any atom is -0.379 e. The summed E-state index contributed by atoms with van der Waals surface area (Å²) in [6.07, 6.45) is 2.24. The van der Waals surface area contributed by atoms with Gasteiger partial charge in [-0.25, -0.2) is 0 Å². The molecule has 2 nitrogen and oxygen atoms in total. The minimum absolute atomic E-state index is 0.0261. The van der Waals surface area contributed by atoms with Gasteiger partial charge in [0.1, 0.15) is 0 Å². The maximum atomic E-state index is 5.44. The summed E-state index contributed by atoms with van der Waals surface area (Å²) in [6, 6.07) is 1.12. The first-order valence-corrected chi connectivity index (χ1v) is 6.13. The van der Waals surface area contributed by atoms with E-state index in [0.717, 1.165) is 6.42 Å². The molecule has 0 amide bonds. The fraction of sp³-hybridized carbons (Fsp3) is 1.00. The van der Waals surface area contributed by atoms with Gasteiger partial charge in [-0.05, 0) is 39.5 Å². The first-order chi connectivity index (χ1) is 6.82. The lowest BCUT2D eigenvalue weighted by Gasteiger charge is -2.31. The Labute approximate surface area is 95.8 Å². The molecule has 15 heavy (non-hydrogen) atoms. The Hall–Kier alpha value is -0.0800. The lowest BCUT2D eigenvalue weighted by molar-refractivity contribution is 0.00713. The summed E-state index contributed by atoms with van der Waals surface area (Å²) >= 11 is 0. The van der Waals surface area contributed by atoms with Gasteiger partial charge in [-0.2, -0.15) is 0 Å². The van der Waals surface area contributed by atoms with E-state index in [1.165, 1.54) is 6.42 Å². The molecule has 0 radical (unpaired) electrons. The molecule has 0 saturated carbocycles. The molecule has 0 aliphatic carbocycles. The van der Waals surface area contributed by atoms with Crippen molar-refractivity contribution < 1.29 is 4.74 Å². The Morgan fingerprint density at radius 2 is 1.73 bits per heavy atom.